The maximum Gasteiger partial charge on any atom is 0.270 e. The van der Waals surface area contributed by atoms with Crippen molar-refractivity contribution in [2.24, 2.45) is 0 Å². The minimum Gasteiger partial charge on any atom is -0.351 e. The van der Waals surface area contributed by atoms with Gasteiger partial charge in [0.05, 0.1) is 15.8 Å². The number of aromatic nitrogens is 1. The summed E-state index contributed by atoms with van der Waals surface area (Å²) < 4.78 is 22.0. The Balaban J connectivity index is 1.98. The van der Waals surface area contributed by atoms with E-state index < -0.39 is 9.84 Å². The Bertz CT molecular complexity index is 819. The van der Waals surface area contributed by atoms with Gasteiger partial charge >= 0.3 is 0 Å². The maximum absolute atomic E-state index is 12.0. The molecule has 1 heterocycles. The van der Waals surface area contributed by atoms with Crippen molar-refractivity contribution in [3.05, 3.63) is 39.3 Å². The van der Waals surface area contributed by atoms with Gasteiger partial charge in [0.2, 0.25) is 0 Å². The van der Waals surface area contributed by atoms with Crippen molar-refractivity contribution in [3.63, 3.8) is 0 Å². The van der Waals surface area contributed by atoms with Gasteiger partial charge in [-0.15, -0.1) is 11.3 Å². The van der Waals surface area contributed by atoms with Crippen LogP contribution in [-0.4, -0.2) is 37.9 Å². The van der Waals surface area contributed by atoms with Crippen molar-refractivity contribution >= 4 is 50.3 Å². The standard InChI is InChI=1S/C14H14Cl2N2O3S2/c1-23(20,21)6-2-5-17-13(19)12-8-22-14(18-12)9-3-4-10(15)11(16)7-9/h3-4,7-8H,2,5-6H2,1H3,(H,17,19). The summed E-state index contributed by atoms with van der Waals surface area (Å²) in [6.07, 6.45) is 1.53. The predicted octanol–water partition coefficient (Wildman–Crippen LogP) is 3.28. The van der Waals surface area contributed by atoms with Gasteiger partial charge in [-0.3, -0.25) is 4.79 Å². The second kappa shape index (κ2) is 7.61. The van der Waals surface area contributed by atoms with Crippen LogP contribution in [0.15, 0.2) is 23.6 Å². The Kier molecular flexibility index (Phi) is 6.02. The predicted molar refractivity (Wildman–Crippen MR) is 94.2 cm³/mol. The fraction of sp³-hybridized carbons (Fsp3) is 0.286. The number of halogens is 2. The number of nitrogens with zero attached hydrogens (tertiary/aromatic N) is 1. The van der Waals surface area contributed by atoms with E-state index in [1.165, 1.54) is 17.6 Å². The lowest BCUT2D eigenvalue weighted by molar-refractivity contribution is 0.0949. The highest BCUT2D eigenvalue weighted by molar-refractivity contribution is 7.90. The summed E-state index contributed by atoms with van der Waals surface area (Å²) in [5, 5.41) is 5.83. The molecule has 0 saturated heterocycles. The molecule has 5 nitrogen and oxygen atoms in total. The molecule has 0 fully saturated rings. The smallest absolute Gasteiger partial charge is 0.270 e. The fourth-order valence-electron chi connectivity index (χ4n) is 1.77. The molecule has 0 saturated carbocycles. The summed E-state index contributed by atoms with van der Waals surface area (Å²) in [6, 6.07) is 5.14. The van der Waals surface area contributed by atoms with Gasteiger partial charge in [0.25, 0.3) is 5.91 Å². The first-order chi connectivity index (χ1) is 10.8. The molecule has 0 aliphatic carbocycles. The van der Waals surface area contributed by atoms with Crippen molar-refractivity contribution in [1.82, 2.24) is 10.3 Å². The van der Waals surface area contributed by atoms with E-state index in [0.717, 1.165) is 5.56 Å². The van der Waals surface area contributed by atoms with Crippen LogP contribution in [-0.2, 0) is 9.84 Å². The number of carbonyl (C=O) groups excluding carboxylic acids is 1. The molecule has 0 radical (unpaired) electrons. The van der Waals surface area contributed by atoms with Crippen LogP contribution >= 0.6 is 34.5 Å². The van der Waals surface area contributed by atoms with E-state index in [4.69, 9.17) is 23.2 Å². The van der Waals surface area contributed by atoms with Gasteiger partial charge in [-0.05, 0) is 18.6 Å². The van der Waals surface area contributed by atoms with E-state index in [0.29, 0.717) is 21.5 Å². The number of nitrogens with one attached hydrogen (secondary N) is 1. The molecule has 1 aromatic carbocycles. The Hall–Kier alpha value is -1.15. The zero-order valence-corrected chi connectivity index (χ0v) is 15.3. The van der Waals surface area contributed by atoms with Crippen molar-refractivity contribution in [3.8, 4) is 10.6 Å². The first-order valence-electron chi connectivity index (χ1n) is 6.63. The quantitative estimate of drug-likeness (QED) is 0.765. The number of rotatable bonds is 6. The molecule has 0 aliphatic heterocycles. The highest BCUT2D eigenvalue weighted by Gasteiger charge is 2.12. The molecule has 2 aromatic rings. The Labute approximate surface area is 148 Å². The highest BCUT2D eigenvalue weighted by atomic mass is 35.5. The van der Waals surface area contributed by atoms with Gasteiger partial charge in [0.15, 0.2) is 0 Å². The summed E-state index contributed by atoms with van der Waals surface area (Å²) in [7, 11) is -3.01. The highest BCUT2D eigenvalue weighted by Crippen LogP contribution is 2.30. The van der Waals surface area contributed by atoms with Crippen molar-refractivity contribution in [1.29, 1.82) is 0 Å². The van der Waals surface area contributed by atoms with E-state index in [1.807, 2.05) is 0 Å². The zero-order chi connectivity index (χ0) is 17.0. The number of amides is 1. The van der Waals surface area contributed by atoms with Gasteiger partial charge in [0, 0.05) is 23.7 Å². The van der Waals surface area contributed by atoms with Crippen LogP contribution in [0.4, 0.5) is 0 Å². The SMILES string of the molecule is CS(=O)(=O)CCCNC(=O)c1csc(-c2ccc(Cl)c(Cl)c2)n1. The molecule has 0 atom stereocenters. The topological polar surface area (TPSA) is 76.1 Å². The van der Waals surface area contributed by atoms with Gasteiger partial charge in [-0.2, -0.15) is 0 Å². The van der Waals surface area contributed by atoms with E-state index in [9.17, 15) is 13.2 Å². The molecule has 1 amide bonds. The van der Waals surface area contributed by atoms with E-state index >= 15 is 0 Å². The third-order valence-electron chi connectivity index (χ3n) is 2.88. The number of sulfone groups is 1. The molecule has 2 rings (SSSR count). The molecule has 9 heteroatoms. The summed E-state index contributed by atoms with van der Waals surface area (Å²) in [4.78, 5) is 16.2. The van der Waals surface area contributed by atoms with Gasteiger partial charge in [-0.25, -0.2) is 13.4 Å². The number of benzene rings is 1. The average molecular weight is 393 g/mol. The number of hydrogen-bond donors (Lipinski definition) is 1. The summed E-state index contributed by atoms with van der Waals surface area (Å²) in [5.74, 6) is -0.292. The Morgan fingerprint density at radius 2 is 2.04 bits per heavy atom. The Morgan fingerprint density at radius 1 is 1.30 bits per heavy atom. The van der Waals surface area contributed by atoms with Gasteiger partial charge < -0.3 is 5.32 Å². The lowest BCUT2D eigenvalue weighted by Gasteiger charge is -2.02. The second-order valence-electron chi connectivity index (χ2n) is 4.91. The molecule has 1 aromatic heterocycles. The zero-order valence-electron chi connectivity index (χ0n) is 12.2. The first-order valence-corrected chi connectivity index (χ1v) is 10.3. The third-order valence-corrected chi connectivity index (χ3v) is 5.54. The molecule has 0 unspecified atom stereocenters. The van der Waals surface area contributed by atoms with Crippen molar-refractivity contribution in [2.75, 3.05) is 18.6 Å². The normalized spacial score (nSPS) is 11.4. The Morgan fingerprint density at radius 3 is 2.70 bits per heavy atom. The molecular formula is C14H14Cl2N2O3S2. The number of thiazole rings is 1. The van der Waals surface area contributed by atoms with Crippen LogP contribution in [0.1, 0.15) is 16.9 Å². The average Bonchev–Trinajstić information content (AvgIpc) is 2.95. The molecular weight excluding hydrogens is 379 g/mol. The number of hydrogen-bond acceptors (Lipinski definition) is 5. The summed E-state index contributed by atoms with van der Waals surface area (Å²) in [5.41, 5.74) is 1.07. The van der Waals surface area contributed by atoms with E-state index in [1.54, 1.807) is 23.6 Å². The minimum atomic E-state index is -3.01. The van der Waals surface area contributed by atoms with E-state index in [-0.39, 0.29) is 23.9 Å². The van der Waals surface area contributed by atoms with Gasteiger partial charge in [0.1, 0.15) is 20.5 Å². The monoisotopic (exact) mass is 392 g/mol. The van der Waals surface area contributed by atoms with Crippen LogP contribution < -0.4 is 5.32 Å². The van der Waals surface area contributed by atoms with Crippen LogP contribution in [0.25, 0.3) is 10.6 Å². The summed E-state index contributed by atoms with van der Waals surface area (Å²) >= 11 is 13.2. The van der Waals surface area contributed by atoms with Crippen LogP contribution in [0, 0.1) is 0 Å². The molecule has 23 heavy (non-hydrogen) atoms. The summed E-state index contributed by atoms with van der Waals surface area (Å²) in [6.45, 7) is 0.283. The molecule has 1 N–H and O–H groups in total. The number of carbonyl (C=O) groups is 1. The third kappa shape index (κ3) is 5.46. The van der Waals surface area contributed by atoms with Crippen molar-refractivity contribution < 1.29 is 13.2 Å². The van der Waals surface area contributed by atoms with Crippen LogP contribution in [0.2, 0.25) is 10.0 Å². The first kappa shape index (κ1) is 18.2. The molecule has 124 valence electrons. The second-order valence-corrected chi connectivity index (χ2v) is 8.84. The lowest BCUT2D eigenvalue weighted by Crippen LogP contribution is -2.26. The van der Waals surface area contributed by atoms with Crippen LogP contribution in [0.5, 0.6) is 0 Å². The van der Waals surface area contributed by atoms with Gasteiger partial charge in [-0.1, -0.05) is 29.3 Å². The largest absolute Gasteiger partial charge is 0.351 e. The van der Waals surface area contributed by atoms with Crippen LogP contribution in [0.3, 0.4) is 0 Å². The minimum absolute atomic E-state index is 0.0405. The maximum atomic E-state index is 12.0. The molecule has 0 aliphatic rings. The fourth-order valence-corrected chi connectivity index (χ4v) is 3.53. The lowest BCUT2D eigenvalue weighted by atomic mass is 10.2. The van der Waals surface area contributed by atoms with Crippen molar-refractivity contribution in [2.45, 2.75) is 6.42 Å². The molecule has 0 spiro atoms. The molecule has 0 bridgehead atoms. The van der Waals surface area contributed by atoms with E-state index in [2.05, 4.69) is 10.3 Å².